The fraction of sp³-hybridized carbons (Fsp3) is 0.381. The number of carbonyl (C=O) groups is 1. The van der Waals surface area contributed by atoms with Gasteiger partial charge in [-0.15, -0.1) is 0 Å². The van der Waals surface area contributed by atoms with Gasteiger partial charge in [-0.25, -0.2) is 8.42 Å². The van der Waals surface area contributed by atoms with E-state index in [-0.39, 0.29) is 24.0 Å². The van der Waals surface area contributed by atoms with Gasteiger partial charge in [-0.3, -0.25) is 4.79 Å². The predicted octanol–water partition coefficient (Wildman–Crippen LogP) is 2.44. The van der Waals surface area contributed by atoms with Crippen molar-refractivity contribution in [2.75, 3.05) is 32.8 Å². The molecule has 2 aromatic rings. The summed E-state index contributed by atoms with van der Waals surface area (Å²) in [5.41, 5.74) is 0. The van der Waals surface area contributed by atoms with Crippen LogP contribution in [0.5, 0.6) is 11.5 Å². The van der Waals surface area contributed by atoms with Crippen LogP contribution in [0.1, 0.15) is 19.3 Å². The molecule has 1 amide bonds. The van der Waals surface area contributed by atoms with E-state index < -0.39 is 10.0 Å². The molecule has 1 N–H and O–H groups in total. The van der Waals surface area contributed by atoms with Crippen molar-refractivity contribution in [1.29, 1.82) is 0 Å². The van der Waals surface area contributed by atoms with Crippen LogP contribution in [-0.2, 0) is 14.8 Å². The second kappa shape index (κ2) is 10.3. The third kappa shape index (κ3) is 6.20. The Hall–Kier alpha value is -2.58. The molecule has 29 heavy (non-hydrogen) atoms. The molecule has 0 unspecified atom stereocenters. The maximum atomic E-state index is 12.6. The molecule has 0 bridgehead atoms. The molecule has 0 aliphatic carbocycles. The SMILES string of the molecule is O=C(COc1ccccc1)NCCOc1ccc(S(=O)(=O)N2CCCCC2)cc1. The van der Waals surface area contributed by atoms with Crippen LogP contribution in [0.25, 0.3) is 0 Å². The summed E-state index contributed by atoms with van der Waals surface area (Å²) in [6.45, 7) is 1.69. The van der Waals surface area contributed by atoms with Crippen molar-refractivity contribution < 1.29 is 22.7 Å². The maximum Gasteiger partial charge on any atom is 0.258 e. The number of rotatable bonds is 9. The van der Waals surface area contributed by atoms with Crippen molar-refractivity contribution in [3.05, 3.63) is 54.6 Å². The minimum Gasteiger partial charge on any atom is -0.492 e. The summed E-state index contributed by atoms with van der Waals surface area (Å²) >= 11 is 0. The Balaban J connectivity index is 1.39. The van der Waals surface area contributed by atoms with E-state index in [1.807, 2.05) is 18.2 Å². The van der Waals surface area contributed by atoms with Crippen LogP contribution >= 0.6 is 0 Å². The number of carbonyl (C=O) groups excluding carboxylic acids is 1. The number of benzene rings is 2. The summed E-state index contributed by atoms with van der Waals surface area (Å²) in [7, 11) is -3.44. The Kier molecular flexibility index (Phi) is 7.48. The van der Waals surface area contributed by atoms with Gasteiger partial charge in [0, 0.05) is 13.1 Å². The second-order valence-corrected chi connectivity index (χ2v) is 8.67. The Bertz CT molecular complexity index is 879. The average Bonchev–Trinajstić information content (AvgIpc) is 2.77. The summed E-state index contributed by atoms with van der Waals surface area (Å²) in [6, 6.07) is 15.5. The van der Waals surface area contributed by atoms with Crippen LogP contribution in [0.2, 0.25) is 0 Å². The van der Waals surface area contributed by atoms with E-state index in [0.29, 0.717) is 31.1 Å². The molecule has 1 saturated heterocycles. The molecule has 8 heteroatoms. The first-order valence-corrected chi connectivity index (χ1v) is 11.2. The number of ether oxygens (including phenoxy) is 2. The number of nitrogens with one attached hydrogen (secondary N) is 1. The van der Waals surface area contributed by atoms with Gasteiger partial charge in [-0.05, 0) is 49.2 Å². The van der Waals surface area contributed by atoms with E-state index >= 15 is 0 Å². The number of hydrogen-bond acceptors (Lipinski definition) is 5. The first-order chi connectivity index (χ1) is 14.1. The lowest BCUT2D eigenvalue weighted by atomic mass is 10.2. The molecule has 2 aromatic carbocycles. The smallest absolute Gasteiger partial charge is 0.258 e. The topological polar surface area (TPSA) is 84.9 Å². The summed E-state index contributed by atoms with van der Waals surface area (Å²) < 4.78 is 37.7. The van der Waals surface area contributed by atoms with Gasteiger partial charge in [-0.1, -0.05) is 24.6 Å². The van der Waals surface area contributed by atoms with Crippen LogP contribution in [0.4, 0.5) is 0 Å². The minimum absolute atomic E-state index is 0.0624. The summed E-state index contributed by atoms with van der Waals surface area (Å²) in [5, 5.41) is 2.71. The van der Waals surface area contributed by atoms with E-state index in [2.05, 4.69) is 5.32 Å². The highest BCUT2D eigenvalue weighted by Crippen LogP contribution is 2.22. The molecule has 1 fully saturated rings. The molecule has 0 atom stereocenters. The number of sulfonamides is 1. The minimum atomic E-state index is -3.44. The number of hydrogen-bond donors (Lipinski definition) is 1. The Labute approximate surface area is 171 Å². The van der Waals surface area contributed by atoms with Gasteiger partial charge in [0.2, 0.25) is 10.0 Å². The van der Waals surface area contributed by atoms with E-state index in [1.54, 1.807) is 40.7 Å². The van der Waals surface area contributed by atoms with Crippen LogP contribution in [0.15, 0.2) is 59.5 Å². The van der Waals surface area contributed by atoms with Gasteiger partial charge < -0.3 is 14.8 Å². The zero-order valence-corrected chi connectivity index (χ0v) is 17.1. The molecule has 0 spiro atoms. The molecular weight excluding hydrogens is 392 g/mol. The van der Waals surface area contributed by atoms with Gasteiger partial charge in [0.25, 0.3) is 5.91 Å². The van der Waals surface area contributed by atoms with Crippen LogP contribution in [0.3, 0.4) is 0 Å². The Morgan fingerprint density at radius 3 is 2.24 bits per heavy atom. The van der Waals surface area contributed by atoms with Crippen LogP contribution in [0, 0.1) is 0 Å². The molecule has 0 aromatic heterocycles. The lowest BCUT2D eigenvalue weighted by Gasteiger charge is -2.25. The molecule has 1 aliphatic heterocycles. The monoisotopic (exact) mass is 418 g/mol. The lowest BCUT2D eigenvalue weighted by molar-refractivity contribution is -0.123. The van der Waals surface area contributed by atoms with Gasteiger partial charge in [0.15, 0.2) is 6.61 Å². The molecule has 3 rings (SSSR count). The first-order valence-electron chi connectivity index (χ1n) is 9.73. The third-order valence-electron chi connectivity index (χ3n) is 4.58. The normalized spacial score (nSPS) is 14.9. The fourth-order valence-electron chi connectivity index (χ4n) is 3.04. The number of amides is 1. The van der Waals surface area contributed by atoms with Crippen molar-refractivity contribution >= 4 is 15.9 Å². The second-order valence-electron chi connectivity index (χ2n) is 6.74. The van der Waals surface area contributed by atoms with E-state index in [4.69, 9.17) is 9.47 Å². The highest BCUT2D eigenvalue weighted by molar-refractivity contribution is 7.89. The third-order valence-corrected chi connectivity index (χ3v) is 6.50. The zero-order chi connectivity index (χ0) is 20.5. The Morgan fingerprint density at radius 1 is 0.897 bits per heavy atom. The van der Waals surface area contributed by atoms with Crippen molar-refractivity contribution in [3.8, 4) is 11.5 Å². The van der Waals surface area contributed by atoms with Gasteiger partial charge >= 0.3 is 0 Å². The van der Waals surface area contributed by atoms with Crippen molar-refractivity contribution in [2.24, 2.45) is 0 Å². The van der Waals surface area contributed by atoms with E-state index in [9.17, 15) is 13.2 Å². The predicted molar refractivity (Wildman–Crippen MR) is 109 cm³/mol. The van der Waals surface area contributed by atoms with E-state index in [0.717, 1.165) is 19.3 Å². The first kappa shape index (κ1) is 21.1. The lowest BCUT2D eigenvalue weighted by Crippen LogP contribution is -2.35. The molecule has 1 heterocycles. The Morgan fingerprint density at radius 2 is 1.55 bits per heavy atom. The fourth-order valence-corrected chi connectivity index (χ4v) is 4.56. The number of para-hydroxylation sites is 1. The molecule has 0 saturated carbocycles. The largest absolute Gasteiger partial charge is 0.492 e. The standard InChI is InChI=1S/C21H26N2O5S/c24-21(17-28-18-7-3-1-4-8-18)22-13-16-27-19-9-11-20(12-10-19)29(25,26)23-14-5-2-6-15-23/h1,3-4,7-12H,2,5-6,13-17H2,(H,22,24). The van der Waals surface area contributed by atoms with E-state index in [1.165, 1.54) is 0 Å². The van der Waals surface area contributed by atoms with Crippen molar-refractivity contribution in [2.45, 2.75) is 24.2 Å². The van der Waals surface area contributed by atoms with Gasteiger partial charge in [-0.2, -0.15) is 4.31 Å². The van der Waals surface area contributed by atoms with Crippen molar-refractivity contribution in [3.63, 3.8) is 0 Å². The summed E-state index contributed by atoms with van der Waals surface area (Å²) in [4.78, 5) is 12.0. The summed E-state index contributed by atoms with van der Waals surface area (Å²) in [5.74, 6) is 0.955. The molecular formula is C21H26N2O5S. The van der Waals surface area contributed by atoms with Crippen LogP contribution < -0.4 is 14.8 Å². The number of piperidine rings is 1. The van der Waals surface area contributed by atoms with Crippen LogP contribution in [-0.4, -0.2) is 51.5 Å². The average molecular weight is 419 g/mol. The van der Waals surface area contributed by atoms with Crippen molar-refractivity contribution in [1.82, 2.24) is 9.62 Å². The molecule has 0 radical (unpaired) electrons. The number of nitrogens with zero attached hydrogens (tertiary/aromatic N) is 1. The zero-order valence-electron chi connectivity index (χ0n) is 16.2. The molecule has 156 valence electrons. The quantitative estimate of drug-likeness (QED) is 0.632. The highest BCUT2D eigenvalue weighted by atomic mass is 32.2. The maximum absolute atomic E-state index is 12.6. The molecule has 7 nitrogen and oxygen atoms in total. The highest BCUT2D eigenvalue weighted by Gasteiger charge is 2.25. The molecule has 1 aliphatic rings. The van der Waals surface area contributed by atoms with Gasteiger partial charge in [0.1, 0.15) is 18.1 Å². The summed E-state index contributed by atoms with van der Waals surface area (Å²) in [6.07, 6.45) is 2.89. The van der Waals surface area contributed by atoms with Gasteiger partial charge in [0.05, 0.1) is 11.4 Å².